The molecule has 0 bridgehead atoms. The molecule has 8 heteroatoms. The molecule has 0 unspecified atom stereocenters. The van der Waals surface area contributed by atoms with Gasteiger partial charge in [-0.2, -0.15) is 0 Å². The smallest absolute Gasteiger partial charge is 0.341 e. The molecule has 1 aromatic rings. The Bertz CT molecular complexity index is 706. The number of esters is 1. The number of hydrogen-bond donors (Lipinski definition) is 1. The van der Waals surface area contributed by atoms with E-state index in [4.69, 9.17) is 9.47 Å². The van der Waals surface area contributed by atoms with Crippen LogP contribution in [0.5, 0.6) is 0 Å². The summed E-state index contributed by atoms with van der Waals surface area (Å²) in [7, 11) is 0. The van der Waals surface area contributed by atoms with Crippen molar-refractivity contribution in [2.75, 3.05) is 11.9 Å². The molecule has 0 saturated heterocycles. The largest absolute Gasteiger partial charge is 0.545 e. The molecule has 25 heavy (non-hydrogen) atoms. The number of carboxylic acids is 1. The van der Waals surface area contributed by atoms with E-state index in [9.17, 15) is 19.5 Å². The Morgan fingerprint density at radius 2 is 2.12 bits per heavy atom. The summed E-state index contributed by atoms with van der Waals surface area (Å²) in [5.41, 5.74) is 1.15. The highest BCUT2D eigenvalue weighted by Crippen LogP contribution is 2.39. The second-order valence-corrected chi connectivity index (χ2v) is 6.97. The number of nitrogens with one attached hydrogen (secondary N) is 1. The van der Waals surface area contributed by atoms with Crippen molar-refractivity contribution in [1.29, 1.82) is 0 Å². The zero-order valence-electron chi connectivity index (χ0n) is 14.3. The number of carboxylic acid groups (broad SMARTS) is 1. The van der Waals surface area contributed by atoms with Crippen molar-refractivity contribution in [3.05, 3.63) is 28.2 Å². The average molecular weight is 366 g/mol. The van der Waals surface area contributed by atoms with E-state index in [2.05, 4.69) is 5.32 Å². The third-order valence-electron chi connectivity index (χ3n) is 3.76. The first-order valence-electron chi connectivity index (χ1n) is 7.96. The van der Waals surface area contributed by atoms with Crippen LogP contribution in [0.25, 0.3) is 0 Å². The van der Waals surface area contributed by atoms with Gasteiger partial charge in [-0.25, -0.2) is 4.79 Å². The van der Waals surface area contributed by atoms with Crippen LogP contribution in [-0.2, 0) is 32.1 Å². The molecule has 0 radical (unpaired) electrons. The van der Waals surface area contributed by atoms with Gasteiger partial charge in [-0.05, 0) is 24.5 Å². The second-order valence-electron chi connectivity index (χ2n) is 5.87. The maximum Gasteiger partial charge on any atom is 0.341 e. The van der Waals surface area contributed by atoms with E-state index in [0.717, 1.165) is 16.5 Å². The van der Waals surface area contributed by atoms with Gasteiger partial charge in [0.2, 0.25) is 5.91 Å². The van der Waals surface area contributed by atoms with Crippen molar-refractivity contribution >= 4 is 34.2 Å². The first kappa shape index (κ1) is 19.1. The summed E-state index contributed by atoms with van der Waals surface area (Å²) in [5.74, 6) is -2.36. The first-order chi connectivity index (χ1) is 11.8. The Morgan fingerprint density at radius 3 is 2.72 bits per heavy atom. The van der Waals surface area contributed by atoms with Crippen LogP contribution < -0.4 is 10.4 Å². The van der Waals surface area contributed by atoms with E-state index in [1.807, 2.05) is 13.8 Å². The number of rotatable bonds is 6. The molecule has 0 aliphatic carbocycles. The predicted molar refractivity (Wildman–Crippen MR) is 90.2 cm³/mol. The number of ether oxygens (including phenoxy) is 2. The van der Waals surface area contributed by atoms with E-state index >= 15 is 0 Å². The minimum Gasteiger partial charge on any atom is -0.545 e. The molecule has 1 atom stereocenters. The summed E-state index contributed by atoms with van der Waals surface area (Å²) in [5, 5.41) is 13.3. The molecule has 1 aromatic heterocycles. The van der Waals surface area contributed by atoms with E-state index in [0.29, 0.717) is 29.7 Å². The summed E-state index contributed by atoms with van der Waals surface area (Å²) >= 11 is 1.24. The van der Waals surface area contributed by atoms with Gasteiger partial charge in [-0.15, -0.1) is 11.3 Å². The SMILES string of the molecule is CCOC(=O)c1c(NC(=O)/C=C/C(=O)[O-])sc2c1C[C@@H](C(C)C)OC2. The molecule has 7 nitrogen and oxygen atoms in total. The van der Waals surface area contributed by atoms with Gasteiger partial charge < -0.3 is 24.7 Å². The third kappa shape index (κ3) is 4.67. The van der Waals surface area contributed by atoms with E-state index < -0.39 is 17.8 Å². The number of carbonyl (C=O) groups is 3. The second kappa shape index (κ2) is 8.26. The standard InChI is InChI=1S/C17H21NO6S/c1-4-23-17(22)15-10-7-11(9(2)3)24-8-12(10)25-16(15)18-13(19)5-6-14(20)21/h5-6,9,11H,4,7-8H2,1-3H3,(H,18,19)(H,20,21)/p-1/b6-5+/t11-/m0/s1. The van der Waals surface area contributed by atoms with Crippen LogP contribution in [0.1, 0.15) is 41.6 Å². The summed E-state index contributed by atoms with van der Waals surface area (Å²) in [6, 6.07) is 0. The zero-order chi connectivity index (χ0) is 18.6. The van der Waals surface area contributed by atoms with Crippen LogP contribution >= 0.6 is 11.3 Å². The fraction of sp³-hybridized carbons (Fsp3) is 0.471. The van der Waals surface area contributed by atoms with Crippen LogP contribution in [0, 0.1) is 5.92 Å². The van der Waals surface area contributed by atoms with E-state index in [1.54, 1.807) is 6.92 Å². The highest BCUT2D eigenvalue weighted by Gasteiger charge is 2.31. The van der Waals surface area contributed by atoms with Crippen LogP contribution in [-0.4, -0.2) is 30.6 Å². The molecule has 1 aliphatic rings. The molecule has 2 rings (SSSR count). The summed E-state index contributed by atoms with van der Waals surface area (Å²) in [4.78, 5) is 35.5. The lowest BCUT2D eigenvalue weighted by atomic mass is 9.94. The Balaban J connectivity index is 2.35. The van der Waals surface area contributed by atoms with Crippen LogP contribution in [0.15, 0.2) is 12.2 Å². The number of fused-ring (bicyclic) bond motifs is 1. The van der Waals surface area contributed by atoms with Gasteiger partial charge in [0.25, 0.3) is 0 Å². The molecular formula is C17H20NO6S-. The molecule has 1 N–H and O–H groups in total. The maximum absolute atomic E-state index is 12.4. The topological polar surface area (TPSA) is 105 Å². The number of anilines is 1. The Kier molecular flexibility index (Phi) is 6.33. The van der Waals surface area contributed by atoms with Crippen LogP contribution in [0.3, 0.4) is 0 Å². The number of thiophene rings is 1. The fourth-order valence-corrected chi connectivity index (χ4v) is 3.66. The summed E-state index contributed by atoms with van der Waals surface area (Å²) in [6.45, 7) is 6.36. The maximum atomic E-state index is 12.4. The van der Waals surface area contributed by atoms with Crippen LogP contribution in [0.2, 0.25) is 0 Å². The monoisotopic (exact) mass is 366 g/mol. The molecule has 0 spiro atoms. The molecule has 1 amide bonds. The highest BCUT2D eigenvalue weighted by molar-refractivity contribution is 7.17. The van der Waals surface area contributed by atoms with Crippen LogP contribution in [0.4, 0.5) is 5.00 Å². The summed E-state index contributed by atoms with van der Waals surface area (Å²) < 4.78 is 10.9. The number of hydrogen-bond acceptors (Lipinski definition) is 7. The lowest BCUT2D eigenvalue weighted by Crippen LogP contribution is -2.27. The zero-order valence-corrected chi connectivity index (χ0v) is 15.1. The quantitative estimate of drug-likeness (QED) is 0.600. The molecule has 136 valence electrons. The molecule has 0 saturated carbocycles. The highest BCUT2D eigenvalue weighted by atomic mass is 32.1. The fourth-order valence-electron chi connectivity index (χ4n) is 2.52. The lowest BCUT2D eigenvalue weighted by Gasteiger charge is -2.26. The minimum atomic E-state index is -1.47. The molecule has 0 aromatic carbocycles. The number of aliphatic carboxylic acids is 1. The molecule has 2 heterocycles. The Morgan fingerprint density at radius 1 is 1.40 bits per heavy atom. The molecule has 1 aliphatic heterocycles. The number of carbonyl (C=O) groups excluding carboxylic acids is 3. The van der Waals surface area contributed by atoms with Crippen molar-refractivity contribution < 1.29 is 29.0 Å². The molecular weight excluding hydrogens is 346 g/mol. The summed E-state index contributed by atoms with van der Waals surface area (Å²) in [6.07, 6.45) is 2.01. The minimum absolute atomic E-state index is 0.0168. The van der Waals surface area contributed by atoms with Crippen molar-refractivity contribution in [2.24, 2.45) is 5.92 Å². The normalized spacial score (nSPS) is 16.7. The Hall–Kier alpha value is -2.19. The van der Waals surface area contributed by atoms with E-state index in [-0.39, 0.29) is 18.6 Å². The van der Waals surface area contributed by atoms with Crippen molar-refractivity contribution in [1.82, 2.24) is 0 Å². The van der Waals surface area contributed by atoms with E-state index in [1.165, 1.54) is 11.3 Å². The number of amides is 1. The van der Waals surface area contributed by atoms with Gasteiger partial charge in [-0.1, -0.05) is 13.8 Å². The van der Waals surface area contributed by atoms with Gasteiger partial charge in [0, 0.05) is 17.4 Å². The van der Waals surface area contributed by atoms with Crippen molar-refractivity contribution in [3.63, 3.8) is 0 Å². The lowest BCUT2D eigenvalue weighted by molar-refractivity contribution is -0.297. The average Bonchev–Trinajstić information content (AvgIpc) is 2.89. The van der Waals surface area contributed by atoms with Crippen molar-refractivity contribution in [3.8, 4) is 0 Å². The third-order valence-corrected chi connectivity index (χ3v) is 4.88. The first-order valence-corrected chi connectivity index (χ1v) is 8.78. The van der Waals surface area contributed by atoms with Gasteiger partial charge >= 0.3 is 5.97 Å². The molecule has 0 fully saturated rings. The van der Waals surface area contributed by atoms with Gasteiger partial charge in [0.05, 0.1) is 30.9 Å². The van der Waals surface area contributed by atoms with Crippen molar-refractivity contribution in [2.45, 2.75) is 39.9 Å². The van der Waals surface area contributed by atoms with Gasteiger partial charge in [-0.3, -0.25) is 4.79 Å². The Labute approximate surface area is 149 Å². The van der Waals surface area contributed by atoms with Gasteiger partial charge in [0.15, 0.2) is 0 Å². The van der Waals surface area contributed by atoms with Gasteiger partial charge in [0.1, 0.15) is 5.00 Å². The predicted octanol–water partition coefficient (Wildman–Crippen LogP) is 1.27.